The van der Waals surface area contributed by atoms with Gasteiger partial charge in [0.15, 0.2) is 4.90 Å². The summed E-state index contributed by atoms with van der Waals surface area (Å²) in [5.41, 5.74) is 0. The Morgan fingerprint density at radius 3 is 1.90 bits per heavy atom. The number of ether oxygens (including phenoxy) is 1. The maximum absolute atomic E-state index is 11.4. The van der Waals surface area contributed by atoms with Gasteiger partial charge in [0.25, 0.3) is 20.2 Å². The van der Waals surface area contributed by atoms with Crippen LogP contribution in [0.1, 0.15) is 0 Å². The fourth-order valence-electron chi connectivity index (χ4n) is 1.65. The molecule has 0 saturated carbocycles. The van der Waals surface area contributed by atoms with Crippen LogP contribution in [0.15, 0.2) is 58.3 Å². The summed E-state index contributed by atoms with van der Waals surface area (Å²) in [6.45, 7) is 0. The zero-order valence-electron chi connectivity index (χ0n) is 10.4. The highest BCUT2D eigenvalue weighted by Crippen LogP contribution is 2.33. The SMILES string of the molecule is O=S(=O)(O)c1cccc(Oc2ccccc2)c1S(=O)(=O)O. The number of hydrogen-bond donors (Lipinski definition) is 2. The van der Waals surface area contributed by atoms with Gasteiger partial charge in [-0.05, 0) is 24.3 Å². The largest absolute Gasteiger partial charge is 0.456 e. The second-order valence-electron chi connectivity index (χ2n) is 3.95. The standard InChI is InChI=1S/C12H10O7S2/c13-20(14,15)11-8-4-7-10(12(11)21(16,17)18)19-9-5-2-1-3-6-9/h1-8H,(H,13,14,15)(H,16,17,18). The van der Waals surface area contributed by atoms with Crippen LogP contribution < -0.4 is 4.74 Å². The zero-order chi connectivity index (χ0) is 15.7. The molecule has 0 heterocycles. The summed E-state index contributed by atoms with van der Waals surface area (Å²) in [4.78, 5) is -1.98. The van der Waals surface area contributed by atoms with E-state index < -0.39 is 35.8 Å². The van der Waals surface area contributed by atoms with Crippen molar-refractivity contribution in [3.63, 3.8) is 0 Å². The lowest BCUT2D eigenvalue weighted by molar-refractivity contribution is 0.437. The minimum atomic E-state index is -4.93. The van der Waals surface area contributed by atoms with Crippen LogP contribution in [-0.2, 0) is 20.2 Å². The van der Waals surface area contributed by atoms with Crippen LogP contribution in [-0.4, -0.2) is 25.9 Å². The van der Waals surface area contributed by atoms with Crippen molar-refractivity contribution < 1.29 is 30.7 Å². The highest BCUT2D eigenvalue weighted by Gasteiger charge is 2.28. The second kappa shape index (κ2) is 5.45. The van der Waals surface area contributed by atoms with E-state index >= 15 is 0 Å². The molecule has 0 unspecified atom stereocenters. The lowest BCUT2D eigenvalue weighted by Crippen LogP contribution is -2.09. The molecule has 0 radical (unpaired) electrons. The Morgan fingerprint density at radius 2 is 1.38 bits per heavy atom. The lowest BCUT2D eigenvalue weighted by atomic mass is 10.3. The van der Waals surface area contributed by atoms with E-state index in [0.29, 0.717) is 0 Å². The zero-order valence-corrected chi connectivity index (χ0v) is 12.0. The molecule has 21 heavy (non-hydrogen) atoms. The summed E-state index contributed by atoms with van der Waals surface area (Å²) in [5.74, 6) is -0.186. The quantitative estimate of drug-likeness (QED) is 0.823. The van der Waals surface area contributed by atoms with Crippen LogP contribution >= 0.6 is 0 Å². The summed E-state index contributed by atoms with van der Waals surface area (Å²) in [6, 6.07) is 11.1. The first-order valence-corrected chi connectivity index (χ1v) is 8.38. The van der Waals surface area contributed by atoms with Crippen molar-refractivity contribution in [2.24, 2.45) is 0 Å². The van der Waals surface area contributed by atoms with Gasteiger partial charge in [0.1, 0.15) is 16.4 Å². The molecular weight excluding hydrogens is 320 g/mol. The number of rotatable bonds is 4. The molecule has 2 N–H and O–H groups in total. The first kappa shape index (κ1) is 15.4. The van der Waals surface area contributed by atoms with Gasteiger partial charge in [0.2, 0.25) is 0 Å². The molecule has 0 aliphatic heterocycles. The molecule has 112 valence electrons. The number of para-hydroxylation sites is 1. The third kappa shape index (κ3) is 3.58. The topological polar surface area (TPSA) is 118 Å². The summed E-state index contributed by atoms with van der Waals surface area (Å²) in [6.07, 6.45) is 0. The molecule has 0 aliphatic carbocycles. The van der Waals surface area contributed by atoms with Crippen molar-refractivity contribution in [2.45, 2.75) is 9.79 Å². The van der Waals surface area contributed by atoms with Gasteiger partial charge >= 0.3 is 0 Å². The Balaban J connectivity index is 2.68. The highest BCUT2D eigenvalue weighted by molar-refractivity contribution is 7.89. The van der Waals surface area contributed by atoms with E-state index in [1.165, 1.54) is 18.2 Å². The third-order valence-corrected chi connectivity index (χ3v) is 4.41. The van der Waals surface area contributed by atoms with Gasteiger partial charge in [-0.1, -0.05) is 24.3 Å². The molecule has 0 fully saturated rings. The molecule has 9 heteroatoms. The monoisotopic (exact) mass is 330 g/mol. The molecule has 2 aromatic carbocycles. The Hall–Kier alpha value is -1.94. The molecule has 2 aromatic rings. The lowest BCUT2D eigenvalue weighted by Gasteiger charge is -2.11. The van der Waals surface area contributed by atoms with Crippen LogP contribution in [0.25, 0.3) is 0 Å². The maximum atomic E-state index is 11.4. The first-order valence-electron chi connectivity index (χ1n) is 5.50. The number of benzene rings is 2. The van der Waals surface area contributed by atoms with Crippen molar-refractivity contribution in [2.75, 3.05) is 0 Å². The van der Waals surface area contributed by atoms with Crippen LogP contribution in [0.4, 0.5) is 0 Å². The molecule has 0 saturated heterocycles. The third-order valence-electron chi connectivity index (χ3n) is 2.45. The molecule has 7 nitrogen and oxygen atoms in total. The van der Waals surface area contributed by atoms with Gasteiger partial charge in [-0.3, -0.25) is 9.11 Å². The Labute approximate surface area is 121 Å². The maximum Gasteiger partial charge on any atom is 0.299 e. The van der Waals surface area contributed by atoms with Crippen molar-refractivity contribution in [1.29, 1.82) is 0 Å². The van der Waals surface area contributed by atoms with Crippen LogP contribution in [0.5, 0.6) is 11.5 Å². The molecule has 0 spiro atoms. The van der Waals surface area contributed by atoms with Gasteiger partial charge in [-0.25, -0.2) is 0 Å². The minimum Gasteiger partial charge on any atom is -0.456 e. The summed E-state index contributed by atoms with van der Waals surface area (Å²) < 4.78 is 68.8. The summed E-state index contributed by atoms with van der Waals surface area (Å²) >= 11 is 0. The fraction of sp³-hybridized carbons (Fsp3) is 0. The van der Waals surface area contributed by atoms with E-state index in [0.717, 1.165) is 12.1 Å². The Morgan fingerprint density at radius 1 is 0.762 bits per heavy atom. The van der Waals surface area contributed by atoms with Gasteiger partial charge in [0.05, 0.1) is 0 Å². The average molecular weight is 330 g/mol. The van der Waals surface area contributed by atoms with Gasteiger partial charge in [-0.2, -0.15) is 16.8 Å². The van der Waals surface area contributed by atoms with Crippen molar-refractivity contribution in [1.82, 2.24) is 0 Å². The molecule has 0 atom stereocenters. The van der Waals surface area contributed by atoms with Gasteiger partial charge < -0.3 is 4.74 Å². The number of hydrogen-bond acceptors (Lipinski definition) is 5. The van der Waals surface area contributed by atoms with E-state index in [4.69, 9.17) is 9.29 Å². The highest BCUT2D eigenvalue weighted by atomic mass is 32.2. The molecule has 0 amide bonds. The van der Waals surface area contributed by atoms with E-state index in [1.54, 1.807) is 18.2 Å². The second-order valence-corrected chi connectivity index (χ2v) is 6.70. The Kier molecular flexibility index (Phi) is 4.01. The predicted octanol–water partition coefficient (Wildman–Crippen LogP) is 1.97. The van der Waals surface area contributed by atoms with E-state index in [2.05, 4.69) is 0 Å². The van der Waals surface area contributed by atoms with E-state index in [9.17, 15) is 21.4 Å². The van der Waals surface area contributed by atoms with Crippen LogP contribution in [0.2, 0.25) is 0 Å². The molecule has 0 bridgehead atoms. The predicted molar refractivity (Wildman–Crippen MR) is 72.6 cm³/mol. The molecular formula is C12H10O7S2. The van der Waals surface area contributed by atoms with Gasteiger partial charge in [0, 0.05) is 0 Å². The summed E-state index contributed by atoms with van der Waals surface area (Å²) in [7, 11) is -9.78. The van der Waals surface area contributed by atoms with Crippen molar-refractivity contribution in [3.05, 3.63) is 48.5 Å². The van der Waals surface area contributed by atoms with Crippen LogP contribution in [0, 0.1) is 0 Å². The van der Waals surface area contributed by atoms with Crippen molar-refractivity contribution in [3.8, 4) is 11.5 Å². The normalized spacial score (nSPS) is 12.1. The Bertz CT molecular complexity index is 856. The van der Waals surface area contributed by atoms with Gasteiger partial charge in [-0.15, -0.1) is 0 Å². The van der Waals surface area contributed by atoms with Crippen LogP contribution in [0.3, 0.4) is 0 Å². The van der Waals surface area contributed by atoms with E-state index in [1.807, 2.05) is 0 Å². The van der Waals surface area contributed by atoms with E-state index in [-0.39, 0.29) is 5.75 Å². The summed E-state index contributed by atoms with van der Waals surface area (Å²) in [5, 5.41) is 0. The molecule has 2 rings (SSSR count). The molecule has 0 aliphatic rings. The smallest absolute Gasteiger partial charge is 0.299 e. The minimum absolute atomic E-state index is 0.231. The van der Waals surface area contributed by atoms with Crippen molar-refractivity contribution >= 4 is 20.2 Å². The molecule has 0 aromatic heterocycles. The fourth-order valence-corrected chi connectivity index (χ4v) is 3.55. The first-order chi connectivity index (χ1) is 9.69. The average Bonchev–Trinajstić information content (AvgIpc) is 2.37.